The Bertz CT molecular complexity index is 955. The van der Waals surface area contributed by atoms with E-state index in [1.807, 2.05) is 23.1 Å². The SMILES string of the molecule is COc1ccc(OC)c(NC(=O)N2CCC3(CC2)CN(C(C)C)C3c2ccc(Cl)cc2)c1. The van der Waals surface area contributed by atoms with Gasteiger partial charge in [-0.25, -0.2) is 4.79 Å². The first-order valence-corrected chi connectivity index (χ1v) is 11.5. The van der Waals surface area contributed by atoms with Crippen LogP contribution in [0.2, 0.25) is 5.02 Å². The first-order valence-electron chi connectivity index (χ1n) is 11.2. The Morgan fingerprint density at radius 2 is 1.78 bits per heavy atom. The zero-order chi connectivity index (χ0) is 22.9. The zero-order valence-electron chi connectivity index (χ0n) is 19.2. The largest absolute Gasteiger partial charge is 0.497 e. The van der Waals surface area contributed by atoms with Crippen LogP contribution >= 0.6 is 11.6 Å². The van der Waals surface area contributed by atoms with Gasteiger partial charge in [-0.15, -0.1) is 0 Å². The normalized spacial score (nSPS) is 20.2. The van der Waals surface area contributed by atoms with Crippen molar-refractivity contribution in [1.29, 1.82) is 0 Å². The molecule has 2 fully saturated rings. The molecule has 0 saturated carbocycles. The highest BCUT2D eigenvalue weighted by atomic mass is 35.5. The number of halogens is 1. The first-order chi connectivity index (χ1) is 15.4. The lowest BCUT2D eigenvalue weighted by atomic mass is 9.62. The molecule has 1 N–H and O–H groups in total. The van der Waals surface area contributed by atoms with E-state index in [1.54, 1.807) is 26.4 Å². The number of urea groups is 1. The number of nitrogens with zero attached hydrogens (tertiary/aromatic N) is 2. The molecule has 172 valence electrons. The number of anilines is 1. The van der Waals surface area contributed by atoms with Crippen LogP contribution in [0.4, 0.5) is 10.5 Å². The van der Waals surface area contributed by atoms with Crippen molar-refractivity contribution in [3.05, 3.63) is 53.1 Å². The van der Waals surface area contributed by atoms with E-state index in [0.29, 0.717) is 29.3 Å². The second-order valence-electron chi connectivity index (χ2n) is 9.07. The van der Waals surface area contributed by atoms with Crippen LogP contribution in [0.3, 0.4) is 0 Å². The minimum atomic E-state index is -0.102. The number of benzene rings is 2. The van der Waals surface area contributed by atoms with E-state index in [4.69, 9.17) is 21.1 Å². The number of amides is 2. The van der Waals surface area contributed by atoms with Crippen LogP contribution in [0.25, 0.3) is 0 Å². The summed E-state index contributed by atoms with van der Waals surface area (Å²) in [6.07, 6.45) is 1.96. The Morgan fingerprint density at radius 3 is 2.38 bits per heavy atom. The third-order valence-electron chi connectivity index (χ3n) is 6.95. The van der Waals surface area contributed by atoms with Crippen LogP contribution in [0.5, 0.6) is 11.5 Å². The summed E-state index contributed by atoms with van der Waals surface area (Å²) in [6, 6.07) is 14.4. The second-order valence-corrected chi connectivity index (χ2v) is 9.50. The molecule has 2 aliphatic rings. The highest BCUT2D eigenvalue weighted by molar-refractivity contribution is 6.30. The molecule has 2 heterocycles. The molecule has 2 saturated heterocycles. The highest BCUT2D eigenvalue weighted by Gasteiger charge is 2.54. The van der Waals surface area contributed by atoms with Crippen LogP contribution in [0, 0.1) is 5.41 Å². The van der Waals surface area contributed by atoms with Gasteiger partial charge in [0.05, 0.1) is 19.9 Å². The molecule has 0 aromatic heterocycles. The molecular formula is C25H32ClN3O3. The average molecular weight is 458 g/mol. The zero-order valence-corrected chi connectivity index (χ0v) is 20.0. The van der Waals surface area contributed by atoms with E-state index in [9.17, 15) is 4.79 Å². The van der Waals surface area contributed by atoms with Gasteiger partial charge in [0.25, 0.3) is 0 Å². The van der Waals surface area contributed by atoms with Crippen LogP contribution in [0.15, 0.2) is 42.5 Å². The molecule has 2 aromatic carbocycles. The lowest BCUT2D eigenvalue weighted by Gasteiger charge is -2.62. The summed E-state index contributed by atoms with van der Waals surface area (Å²) in [5.41, 5.74) is 2.13. The Kier molecular flexibility index (Phi) is 6.54. The van der Waals surface area contributed by atoms with Crippen LogP contribution in [-0.4, -0.2) is 55.7 Å². The number of likely N-dealkylation sites (tertiary alicyclic amines) is 2. The summed E-state index contributed by atoms with van der Waals surface area (Å²) in [4.78, 5) is 17.5. The summed E-state index contributed by atoms with van der Waals surface area (Å²) in [5, 5.41) is 3.76. The molecule has 0 aliphatic carbocycles. The van der Waals surface area contributed by atoms with Gasteiger partial charge in [0.15, 0.2) is 0 Å². The molecule has 2 aliphatic heterocycles. The van der Waals surface area contributed by atoms with Crippen molar-refractivity contribution < 1.29 is 14.3 Å². The Morgan fingerprint density at radius 1 is 1.09 bits per heavy atom. The van der Waals surface area contributed by atoms with Crippen molar-refractivity contribution in [2.45, 2.75) is 38.8 Å². The molecule has 0 radical (unpaired) electrons. The Labute approximate surface area is 195 Å². The Balaban J connectivity index is 1.45. The molecule has 7 heteroatoms. The summed E-state index contributed by atoms with van der Waals surface area (Å²) < 4.78 is 10.7. The van der Waals surface area contributed by atoms with E-state index in [0.717, 1.165) is 37.5 Å². The predicted molar refractivity (Wildman–Crippen MR) is 128 cm³/mol. The fraction of sp³-hybridized carbons (Fsp3) is 0.480. The monoisotopic (exact) mass is 457 g/mol. The number of carbonyl (C=O) groups is 1. The maximum atomic E-state index is 13.0. The van der Waals surface area contributed by atoms with E-state index in [-0.39, 0.29) is 11.4 Å². The highest BCUT2D eigenvalue weighted by Crippen LogP contribution is 2.55. The maximum absolute atomic E-state index is 13.0. The van der Waals surface area contributed by atoms with Gasteiger partial charge in [-0.2, -0.15) is 0 Å². The number of hydrogen-bond acceptors (Lipinski definition) is 4. The van der Waals surface area contributed by atoms with Gasteiger partial charge >= 0.3 is 6.03 Å². The quantitative estimate of drug-likeness (QED) is 0.649. The van der Waals surface area contributed by atoms with E-state index in [2.05, 4.69) is 36.2 Å². The number of ether oxygens (including phenoxy) is 2. The lowest BCUT2D eigenvalue weighted by molar-refractivity contribution is -0.123. The van der Waals surface area contributed by atoms with Crippen LogP contribution in [-0.2, 0) is 0 Å². The average Bonchev–Trinajstić information content (AvgIpc) is 2.79. The summed E-state index contributed by atoms with van der Waals surface area (Å²) in [7, 11) is 3.20. The molecule has 32 heavy (non-hydrogen) atoms. The molecule has 1 unspecified atom stereocenters. The molecule has 0 bridgehead atoms. The summed E-state index contributed by atoms with van der Waals surface area (Å²) in [6.45, 7) is 7.03. The van der Waals surface area contributed by atoms with Crippen LogP contribution in [0.1, 0.15) is 38.3 Å². The standard InChI is InChI=1S/C25H32ClN3O3/c1-17(2)29-16-25(23(29)18-5-7-19(26)8-6-18)11-13-28(14-12-25)24(30)27-21-15-20(31-3)9-10-22(21)32-4/h5-10,15,17,23H,11-14,16H2,1-4H3,(H,27,30). The number of rotatable bonds is 5. The maximum Gasteiger partial charge on any atom is 0.321 e. The van der Waals surface area contributed by atoms with Crippen molar-refractivity contribution >= 4 is 23.3 Å². The number of nitrogens with one attached hydrogen (secondary N) is 1. The Hall–Kier alpha value is -2.44. The molecule has 1 spiro atoms. The fourth-order valence-corrected chi connectivity index (χ4v) is 5.27. The summed E-state index contributed by atoms with van der Waals surface area (Å²) >= 11 is 6.13. The van der Waals surface area contributed by atoms with Crippen LogP contribution < -0.4 is 14.8 Å². The third-order valence-corrected chi connectivity index (χ3v) is 7.20. The van der Waals surface area contributed by atoms with E-state index in [1.165, 1.54) is 5.56 Å². The van der Waals surface area contributed by atoms with Crippen molar-refractivity contribution in [1.82, 2.24) is 9.80 Å². The van der Waals surface area contributed by atoms with Crippen molar-refractivity contribution in [2.24, 2.45) is 5.41 Å². The molecular weight excluding hydrogens is 426 g/mol. The van der Waals surface area contributed by atoms with Gasteiger partial charge in [-0.1, -0.05) is 23.7 Å². The van der Waals surface area contributed by atoms with Gasteiger partial charge in [-0.05, 0) is 56.5 Å². The van der Waals surface area contributed by atoms with Crippen molar-refractivity contribution in [3.8, 4) is 11.5 Å². The number of piperidine rings is 1. The third kappa shape index (κ3) is 4.26. The molecule has 1 atom stereocenters. The molecule has 6 nitrogen and oxygen atoms in total. The molecule has 2 amide bonds. The van der Waals surface area contributed by atoms with Gasteiger partial charge in [0, 0.05) is 48.2 Å². The van der Waals surface area contributed by atoms with Crippen molar-refractivity contribution in [2.75, 3.05) is 39.2 Å². The summed E-state index contributed by atoms with van der Waals surface area (Å²) in [5.74, 6) is 1.29. The fourth-order valence-electron chi connectivity index (χ4n) is 5.14. The van der Waals surface area contributed by atoms with Crippen molar-refractivity contribution in [3.63, 3.8) is 0 Å². The number of carbonyl (C=O) groups excluding carboxylic acids is 1. The van der Waals surface area contributed by atoms with E-state index < -0.39 is 0 Å². The van der Waals surface area contributed by atoms with Gasteiger partial charge in [0.1, 0.15) is 11.5 Å². The number of methoxy groups -OCH3 is 2. The minimum absolute atomic E-state index is 0.102. The molecule has 4 rings (SSSR count). The first kappa shape index (κ1) is 22.7. The predicted octanol–water partition coefficient (Wildman–Crippen LogP) is 5.44. The van der Waals surface area contributed by atoms with Gasteiger partial charge in [0.2, 0.25) is 0 Å². The topological polar surface area (TPSA) is 54.0 Å². The van der Waals surface area contributed by atoms with Gasteiger partial charge < -0.3 is 19.7 Å². The minimum Gasteiger partial charge on any atom is -0.497 e. The number of hydrogen-bond donors (Lipinski definition) is 1. The lowest BCUT2D eigenvalue weighted by Crippen LogP contribution is -2.64. The molecule has 2 aromatic rings. The smallest absolute Gasteiger partial charge is 0.321 e. The second kappa shape index (κ2) is 9.20. The van der Waals surface area contributed by atoms with Gasteiger partial charge in [-0.3, -0.25) is 4.90 Å². The van der Waals surface area contributed by atoms with E-state index >= 15 is 0 Å².